The first kappa shape index (κ1) is 27.4. The zero-order valence-corrected chi connectivity index (χ0v) is 22.0. The molecule has 12 heteroatoms. The number of piperazine rings is 1. The highest BCUT2D eigenvalue weighted by molar-refractivity contribution is 7.12. The van der Waals surface area contributed by atoms with Crippen LogP contribution in [0.3, 0.4) is 0 Å². The van der Waals surface area contributed by atoms with Gasteiger partial charge in [0.15, 0.2) is 0 Å². The van der Waals surface area contributed by atoms with Crippen LogP contribution in [0.15, 0.2) is 70.8 Å². The van der Waals surface area contributed by atoms with Crippen molar-refractivity contribution in [1.82, 2.24) is 9.47 Å². The normalized spacial score (nSPS) is 14.0. The lowest BCUT2D eigenvalue weighted by Gasteiger charge is -2.37. The van der Waals surface area contributed by atoms with Gasteiger partial charge in [-0.25, -0.2) is 4.79 Å². The lowest BCUT2D eigenvalue weighted by atomic mass is 10.0. The number of hydrogen-bond donors (Lipinski definition) is 1. The lowest BCUT2D eigenvalue weighted by Crippen LogP contribution is -2.49. The maximum absolute atomic E-state index is 13.9. The number of para-hydroxylation sites is 1. The number of fused-ring (bicyclic) bond motifs is 1. The first-order valence-electron chi connectivity index (χ1n) is 12.5. The molecule has 1 saturated heterocycles. The zero-order valence-electron chi connectivity index (χ0n) is 21.2. The number of esters is 1. The Morgan fingerprint density at radius 1 is 0.950 bits per heavy atom. The molecule has 1 aliphatic heterocycles. The van der Waals surface area contributed by atoms with E-state index < -0.39 is 30.0 Å². The third-order valence-electron chi connectivity index (χ3n) is 6.80. The van der Waals surface area contributed by atoms with Crippen LogP contribution in [0.25, 0.3) is 10.9 Å². The zero-order chi connectivity index (χ0) is 28.4. The Morgan fingerprint density at radius 2 is 1.65 bits per heavy atom. The number of nitrogens with zero attached hydrogens (tertiary/aromatic N) is 3. The van der Waals surface area contributed by atoms with Gasteiger partial charge in [0.25, 0.3) is 11.5 Å². The molecule has 2 N–H and O–H groups in total. The van der Waals surface area contributed by atoms with Crippen LogP contribution >= 0.6 is 11.3 Å². The van der Waals surface area contributed by atoms with Gasteiger partial charge in [0.1, 0.15) is 12.3 Å². The summed E-state index contributed by atoms with van der Waals surface area (Å²) in [6.45, 7) is 0.991. The highest BCUT2D eigenvalue weighted by atomic mass is 32.1. The van der Waals surface area contributed by atoms with Crippen molar-refractivity contribution in [2.45, 2.75) is 12.7 Å². The van der Waals surface area contributed by atoms with E-state index in [2.05, 4.69) is 0 Å². The van der Waals surface area contributed by atoms with Crippen molar-refractivity contribution in [3.8, 4) is 0 Å². The lowest BCUT2D eigenvalue weighted by molar-refractivity contribution is -0.137. The van der Waals surface area contributed by atoms with E-state index in [9.17, 15) is 27.6 Å². The maximum atomic E-state index is 13.9. The second kappa shape index (κ2) is 11.1. The smallest absolute Gasteiger partial charge is 0.416 e. The molecule has 4 aromatic rings. The Balaban J connectivity index is 1.55. The molecule has 5 rings (SSSR count). The number of thiophene rings is 1. The summed E-state index contributed by atoms with van der Waals surface area (Å²) in [5.74, 6) is -0.972. The van der Waals surface area contributed by atoms with Crippen molar-refractivity contribution in [3.05, 3.63) is 98.0 Å². The third-order valence-corrected chi connectivity index (χ3v) is 7.66. The highest BCUT2D eigenvalue weighted by Gasteiger charge is 2.32. The van der Waals surface area contributed by atoms with Gasteiger partial charge in [-0.2, -0.15) is 13.2 Å². The van der Waals surface area contributed by atoms with Gasteiger partial charge >= 0.3 is 12.1 Å². The summed E-state index contributed by atoms with van der Waals surface area (Å²) in [6, 6.07) is 15.1. The summed E-state index contributed by atoms with van der Waals surface area (Å²) in [7, 11) is 0. The van der Waals surface area contributed by atoms with Gasteiger partial charge in [-0.3, -0.25) is 15.3 Å². The molecular formula is C28H25F3N4O4S. The molecule has 3 heterocycles. The summed E-state index contributed by atoms with van der Waals surface area (Å²) >= 11 is 1.36. The van der Waals surface area contributed by atoms with Gasteiger partial charge in [0.2, 0.25) is 0 Å². The van der Waals surface area contributed by atoms with Gasteiger partial charge in [-0.05, 0) is 35.2 Å². The second-order valence-corrected chi connectivity index (χ2v) is 10.1. The summed E-state index contributed by atoms with van der Waals surface area (Å²) < 4.78 is 45.6. The monoisotopic (exact) mass is 570 g/mol. The number of amides is 1. The van der Waals surface area contributed by atoms with E-state index in [0.29, 0.717) is 53.2 Å². The molecule has 1 amide bonds. The minimum Gasteiger partial charge on any atom is -0.446 e. The molecule has 40 heavy (non-hydrogen) atoms. The van der Waals surface area contributed by atoms with E-state index in [1.54, 1.807) is 35.2 Å². The van der Waals surface area contributed by atoms with Crippen LogP contribution in [-0.2, 0) is 17.5 Å². The Hall–Kier alpha value is -4.16. The number of halogens is 3. The number of pyridine rings is 1. The fourth-order valence-corrected chi connectivity index (χ4v) is 5.57. The molecule has 0 radical (unpaired) electrons. The molecule has 2 aromatic heterocycles. The van der Waals surface area contributed by atoms with Crippen molar-refractivity contribution in [1.29, 1.82) is 0 Å². The van der Waals surface area contributed by atoms with E-state index in [4.69, 9.17) is 10.5 Å². The summed E-state index contributed by atoms with van der Waals surface area (Å²) in [5, 5.41) is 2.43. The van der Waals surface area contributed by atoms with Crippen LogP contribution in [0.5, 0.6) is 0 Å². The largest absolute Gasteiger partial charge is 0.446 e. The van der Waals surface area contributed by atoms with Crippen molar-refractivity contribution in [3.63, 3.8) is 0 Å². The predicted octanol–water partition coefficient (Wildman–Crippen LogP) is 4.17. The number of carbonyl (C=O) groups excluding carboxylic acids is 2. The molecule has 2 aromatic carbocycles. The molecule has 1 aliphatic rings. The minimum atomic E-state index is -4.48. The van der Waals surface area contributed by atoms with Crippen LogP contribution in [-0.4, -0.2) is 54.3 Å². The number of ether oxygens (including phenoxy) is 1. The molecule has 0 aliphatic carbocycles. The van der Waals surface area contributed by atoms with Gasteiger partial charge in [0, 0.05) is 31.6 Å². The van der Waals surface area contributed by atoms with Gasteiger partial charge < -0.3 is 19.1 Å². The van der Waals surface area contributed by atoms with Crippen molar-refractivity contribution in [2.24, 2.45) is 5.73 Å². The Morgan fingerprint density at radius 3 is 2.27 bits per heavy atom. The average molecular weight is 571 g/mol. The summed E-state index contributed by atoms with van der Waals surface area (Å²) in [4.78, 5) is 44.1. The molecule has 0 spiro atoms. The maximum Gasteiger partial charge on any atom is 0.416 e. The van der Waals surface area contributed by atoms with Gasteiger partial charge in [0.05, 0.1) is 28.2 Å². The number of alkyl halides is 3. The topological polar surface area (TPSA) is 97.9 Å². The Bertz CT molecular complexity index is 1590. The molecule has 1 fully saturated rings. The van der Waals surface area contributed by atoms with E-state index in [1.165, 1.54) is 28.0 Å². The fraction of sp³-hybridized carbons (Fsp3) is 0.250. The molecule has 208 valence electrons. The van der Waals surface area contributed by atoms with Crippen LogP contribution in [0.1, 0.15) is 31.2 Å². The van der Waals surface area contributed by atoms with Crippen molar-refractivity contribution >= 4 is 39.8 Å². The molecule has 8 nitrogen and oxygen atoms in total. The van der Waals surface area contributed by atoms with E-state index in [1.807, 2.05) is 16.3 Å². The van der Waals surface area contributed by atoms with E-state index in [0.717, 1.165) is 12.1 Å². The van der Waals surface area contributed by atoms with Crippen molar-refractivity contribution in [2.75, 3.05) is 37.8 Å². The number of rotatable bonds is 6. The molecule has 0 atom stereocenters. The summed E-state index contributed by atoms with van der Waals surface area (Å²) in [5.41, 5.74) is 5.14. The second-order valence-electron chi connectivity index (χ2n) is 9.18. The van der Waals surface area contributed by atoms with Gasteiger partial charge in [-0.15, -0.1) is 11.3 Å². The average Bonchev–Trinajstić information content (AvgIpc) is 3.49. The minimum absolute atomic E-state index is 0.0657. The number of aromatic nitrogens is 1. The molecule has 0 bridgehead atoms. The highest BCUT2D eigenvalue weighted by Crippen LogP contribution is 2.32. The van der Waals surface area contributed by atoms with E-state index in [-0.39, 0.29) is 18.0 Å². The number of anilines is 1. The van der Waals surface area contributed by atoms with Crippen LogP contribution in [0.2, 0.25) is 0 Å². The van der Waals surface area contributed by atoms with Crippen LogP contribution in [0, 0.1) is 0 Å². The standard InChI is InChI=1S/C28H25F3N4O4S/c29-28(30,31)19-9-7-18(8-10-19)16-35-21-5-2-1-4-20(21)24(23(26(35)37)27(38)39-17-32)33-11-13-34(14-12-33)25(36)22-6-3-15-40-22/h1-10,15H,11-14,16-17,32H2. The number of nitrogens with two attached hydrogens (primary N) is 1. The van der Waals surface area contributed by atoms with Crippen molar-refractivity contribution < 1.29 is 27.5 Å². The van der Waals surface area contributed by atoms with E-state index >= 15 is 0 Å². The summed E-state index contributed by atoms with van der Waals surface area (Å²) in [6.07, 6.45) is -4.48. The molecule has 0 unspecified atom stereocenters. The van der Waals surface area contributed by atoms with Crippen LogP contribution < -0.4 is 16.2 Å². The fourth-order valence-electron chi connectivity index (χ4n) is 4.88. The quantitative estimate of drug-likeness (QED) is 0.276. The van der Waals surface area contributed by atoms with Crippen LogP contribution in [0.4, 0.5) is 18.9 Å². The predicted molar refractivity (Wildman–Crippen MR) is 146 cm³/mol. The Kier molecular flexibility index (Phi) is 7.63. The number of hydrogen-bond acceptors (Lipinski definition) is 7. The Labute approximate surface area is 231 Å². The van der Waals surface area contributed by atoms with Gasteiger partial charge in [-0.1, -0.05) is 36.4 Å². The molecule has 0 saturated carbocycles. The molecular weight excluding hydrogens is 545 g/mol. The third kappa shape index (κ3) is 5.32. The first-order chi connectivity index (χ1) is 19.2. The first-order valence-corrected chi connectivity index (χ1v) is 13.3. The number of benzene rings is 2. The SMILES string of the molecule is NCOC(=O)c1c(N2CCN(C(=O)c3cccs3)CC2)c2ccccc2n(Cc2ccc(C(F)(F)F)cc2)c1=O. The number of carbonyl (C=O) groups is 2.